The van der Waals surface area contributed by atoms with Crippen molar-refractivity contribution in [2.24, 2.45) is 0 Å². The van der Waals surface area contributed by atoms with Crippen molar-refractivity contribution < 1.29 is 32.3 Å². The number of halogens is 5. The van der Waals surface area contributed by atoms with Crippen molar-refractivity contribution in [1.82, 2.24) is 5.48 Å². The Morgan fingerprint density at radius 3 is 2.37 bits per heavy atom. The van der Waals surface area contributed by atoms with E-state index in [2.05, 4.69) is 5.48 Å². The number of ether oxygens (including phenoxy) is 2. The highest BCUT2D eigenvalue weighted by Crippen LogP contribution is 2.48. The SMILES string of the molecule is COCc1cc(C2=CC(c3cc(Cl)cc(Cl)c3)(C(F)(F)F)ON2)ccc1C(=O)OC. The van der Waals surface area contributed by atoms with Crippen molar-refractivity contribution in [2.75, 3.05) is 14.2 Å². The van der Waals surface area contributed by atoms with Gasteiger partial charge in [-0.15, -0.1) is 0 Å². The molecule has 0 aliphatic carbocycles. The molecule has 1 unspecified atom stereocenters. The number of hydrogen-bond acceptors (Lipinski definition) is 5. The van der Waals surface area contributed by atoms with Crippen LogP contribution in [0, 0.1) is 0 Å². The molecule has 1 atom stereocenters. The predicted octanol–water partition coefficient (Wildman–Crippen LogP) is 5.26. The van der Waals surface area contributed by atoms with E-state index >= 15 is 0 Å². The zero-order chi connectivity index (χ0) is 22.1. The molecule has 30 heavy (non-hydrogen) atoms. The van der Waals surface area contributed by atoms with Crippen molar-refractivity contribution in [3.8, 4) is 0 Å². The molecule has 0 amide bonds. The van der Waals surface area contributed by atoms with E-state index in [1.54, 1.807) is 0 Å². The van der Waals surface area contributed by atoms with Gasteiger partial charge in [0.05, 0.1) is 25.0 Å². The molecule has 0 fully saturated rings. The molecule has 1 aliphatic heterocycles. The first-order valence-electron chi connectivity index (χ1n) is 8.52. The van der Waals surface area contributed by atoms with Crippen molar-refractivity contribution in [2.45, 2.75) is 18.4 Å². The summed E-state index contributed by atoms with van der Waals surface area (Å²) in [6, 6.07) is 8.05. The summed E-state index contributed by atoms with van der Waals surface area (Å²) in [6.07, 6.45) is -3.92. The van der Waals surface area contributed by atoms with Crippen molar-refractivity contribution >= 4 is 34.9 Å². The summed E-state index contributed by atoms with van der Waals surface area (Å²) in [5, 5.41) is 0.0766. The number of carbonyl (C=O) groups is 1. The summed E-state index contributed by atoms with van der Waals surface area (Å²) in [6.45, 7) is 0.0563. The number of nitrogens with one attached hydrogen (secondary N) is 1. The highest BCUT2D eigenvalue weighted by atomic mass is 35.5. The molecule has 0 aromatic heterocycles. The van der Waals surface area contributed by atoms with Crippen LogP contribution >= 0.6 is 23.2 Å². The third-order valence-electron chi connectivity index (χ3n) is 4.50. The summed E-state index contributed by atoms with van der Waals surface area (Å²) < 4.78 is 52.1. The summed E-state index contributed by atoms with van der Waals surface area (Å²) in [5.74, 6) is -0.587. The second kappa shape index (κ2) is 8.47. The maximum absolute atomic E-state index is 14.1. The maximum Gasteiger partial charge on any atom is 0.428 e. The minimum absolute atomic E-state index is 0.0383. The molecule has 0 saturated heterocycles. The Labute approximate surface area is 180 Å². The molecule has 2 aromatic carbocycles. The van der Waals surface area contributed by atoms with Crippen LogP contribution < -0.4 is 5.48 Å². The molecule has 0 bridgehead atoms. The minimum atomic E-state index is -4.82. The maximum atomic E-state index is 14.1. The van der Waals surface area contributed by atoms with Crippen LogP contribution in [-0.2, 0) is 26.5 Å². The van der Waals surface area contributed by atoms with Crippen LogP contribution in [0.1, 0.15) is 27.0 Å². The van der Waals surface area contributed by atoms with Gasteiger partial charge in [0.2, 0.25) is 5.60 Å². The van der Waals surface area contributed by atoms with Crippen LogP contribution in [0.15, 0.2) is 42.5 Å². The third-order valence-corrected chi connectivity index (χ3v) is 4.94. The highest BCUT2D eigenvalue weighted by molar-refractivity contribution is 6.34. The van der Waals surface area contributed by atoms with Crippen molar-refractivity contribution in [3.63, 3.8) is 0 Å². The monoisotopic (exact) mass is 461 g/mol. The topological polar surface area (TPSA) is 56.8 Å². The van der Waals surface area contributed by atoms with Gasteiger partial charge in [0.25, 0.3) is 0 Å². The standard InChI is InChI=1S/C20H16Cl2F3NO4/c1-28-10-12-5-11(3-4-16(12)18(27)29-2)17-9-19(30-26-17,20(23,24)25)13-6-14(21)8-15(22)7-13/h3-9,26H,10H2,1-2H3. The van der Waals surface area contributed by atoms with Gasteiger partial charge in [0, 0.05) is 28.3 Å². The minimum Gasteiger partial charge on any atom is -0.465 e. The Bertz CT molecular complexity index is 990. The van der Waals surface area contributed by atoms with Crippen LogP contribution in [0.2, 0.25) is 10.0 Å². The first-order chi connectivity index (χ1) is 14.1. The molecular formula is C20H16Cl2F3NO4. The number of hydroxylamine groups is 1. The first kappa shape index (κ1) is 22.4. The van der Waals surface area contributed by atoms with Gasteiger partial charge in [-0.25, -0.2) is 4.79 Å². The molecule has 0 radical (unpaired) electrons. The molecule has 10 heteroatoms. The Morgan fingerprint density at radius 2 is 1.80 bits per heavy atom. The summed E-state index contributed by atoms with van der Waals surface area (Å²) in [5.41, 5.74) is 0.347. The lowest BCUT2D eigenvalue weighted by Gasteiger charge is -2.28. The summed E-state index contributed by atoms with van der Waals surface area (Å²) in [7, 11) is 2.66. The largest absolute Gasteiger partial charge is 0.465 e. The number of rotatable bonds is 5. The van der Waals surface area contributed by atoms with Crippen LogP contribution in [0.3, 0.4) is 0 Å². The normalized spacial score (nSPS) is 18.7. The van der Waals surface area contributed by atoms with E-state index in [1.807, 2.05) is 0 Å². The molecular weight excluding hydrogens is 446 g/mol. The van der Waals surface area contributed by atoms with E-state index in [-0.39, 0.29) is 33.5 Å². The fraction of sp³-hybridized carbons (Fsp3) is 0.250. The lowest BCUT2D eigenvalue weighted by molar-refractivity contribution is -0.269. The van der Waals surface area contributed by atoms with E-state index in [1.165, 1.54) is 38.5 Å². The van der Waals surface area contributed by atoms with Gasteiger partial charge in [-0.1, -0.05) is 29.3 Å². The van der Waals surface area contributed by atoms with E-state index < -0.39 is 17.7 Å². The van der Waals surface area contributed by atoms with Crippen molar-refractivity contribution in [1.29, 1.82) is 0 Å². The molecule has 5 nitrogen and oxygen atoms in total. The first-order valence-corrected chi connectivity index (χ1v) is 9.27. The number of hydrogen-bond donors (Lipinski definition) is 1. The number of benzene rings is 2. The predicted molar refractivity (Wildman–Crippen MR) is 105 cm³/mol. The smallest absolute Gasteiger partial charge is 0.428 e. The van der Waals surface area contributed by atoms with Crippen LogP contribution in [0.5, 0.6) is 0 Å². The molecule has 1 N–H and O–H groups in total. The molecule has 3 rings (SSSR count). The Balaban J connectivity index is 2.11. The lowest BCUT2D eigenvalue weighted by Crippen LogP contribution is -2.42. The third kappa shape index (κ3) is 4.13. The quantitative estimate of drug-likeness (QED) is 0.615. The number of alkyl halides is 3. The fourth-order valence-corrected chi connectivity index (χ4v) is 3.63. The van der Waals surface area contributed by atoms with Gasteiger partial charge in [0.15, 0.2) is 0 Å². The molecule has 160 valence electrons. The Kier molecular flexibility index (Phi) is 6.33. The molecule has 0 spiro atoms. The zero-order valence-corrected chi connectivity index (χ0v) is 17.3. The molecule has 2 aromatic rings. The van der Waals surface area contributed by atoms with Crippen molar-refractivity contribution in [3.05, 3.63) is 74.8 Å². The van der Waals surface area contributed by atoms with Gasteiger partial charge in [-0.3, -0.25) is 10.3 Å². The number of esters is 1. The van der Waals surface area contributed by atoms with Crippen LogP contribution in [-0.4, -0.2) is 26.4 Å². The van der Waals surface area contributed by atoms with Gasteiger partial charge in [-0.2, -0.15) is 13.2 Å². The van der Waals surface area contributed by atoms with Gasteiger partial charge in [0.1, 0.15) is 0 Å². The summed E-state index contributed by atoms with van der Waals surface area (Å²) in [4.78, 5) is 17.0. The van der Waals surface area contributed by atoms with Gasteiger partial charge < -0.3 is 9.47 Å². The Hall–Kier alpha value is -2.26. The molecule has 1 heterocycles. The highest BCUT2D eigenvalue weighted by Gasteiger charge is 2.59. The average molecular weight is 462 g/mol. The Morgan fingerprint density at radius 1 is 1.13 bits per heavy atom. The fourth-order valence-electron chi connectivity index (χ4n) is 3.10. The average Bonchev–Trinajstić information content (AvgIpc) is 3.14. The van der Waals surface area contributed by atoms with E-state index in [4.69, 9.17) is 37.5 Å². The summed E-state index contributed by atoms with van der Waals surface area (Å²) >= 11 is 11.8. The number of carbonyl (C=O) groups excluding carboxylic acids is 1. The second-order valence-corrected chi connectivity index (χ2v) is 7.32. The molecule has 1 aliphatic rings. The van der Waals surface area contributed by atoms with E-state index in [0.29, 0.717) is 11.1 Å². The number of methoxy groups -OCH3 is 2. The second-order valence-electron chi connectivity index (χ2n) is 6.45. The zero-order valence-electron chi connectivity index (χ0n) is 15.8. The van der Waals surface area contributed by atoms with Gasteiger partial charge >= 0.3 is 12.1 Å². The van der Waals surface area contributed by atoms with Gasteiger partial charge in [-0.05, 0) is 42.0 Å². The molecule has 0 saturated carbocycles. The van der Waals surface area contributed by atoms with Crippen LogP contribution in [0.25, 0.3) is 5.70 Å². The lowest BCUT2D eigenvalue weighted by atomic mass is 9.91. The van der Waals surface area contributed by atoms with E-state index in [0.717, 1.165) is 18.2 Å². The van der Waals surface area contributed by atoms with E-state index in [9.17, 15) is 18.0 Å². The van der Waals surface area contributed by atoms with Crippen LogP contribution in [0.4, 0.5) is 13.2 Å².